The fourth-order valence-corrected chi connectivity index (χ4v) is 3.62. The van der Waals surface area contributed by atoms with Crippen LogP contribution in [-0.4, -0.2) is 41.5 Å². The highest BCUT2D eigenvalue weighted by atomic mass is 19.4. The van der Waals surface area contributed by atoms with Gasteiger partial charge in [0.1, 0.15) is 17.2 Å². The maximum Gasteiger partial charge on any atom is 0.433 e. The maximum absolute atomic E-state index is 12.5. The Hall–Kier alpha value is -2.61. The topological polar surface area (TPSA) is 54.5 Å². The Bertz CT molecular complexity index is 822. The van der Waals surface area contributed by atoms with Gasteiger partial charge in [-0.2, -0.15) is 13.2 Å². The van der Waals surface area contributed by atoms with Crippen LogP contribution in [0.1, 0.15) is 22.5 Å². The van der Waals surface area contributed by atoms with Gasteiger partial charge in [0.2, 0.25) is 0 Å². The van der Waals surface area contributed by atoms with Crippen LogP contribution in [0.5, 0.6) is 11.5 Å². The molecular formula is C19H18F3N3O2. The van der Waals surface area contributed by atoms with Crippen LogP contribution in [0.25, 0.3) is 0 Å². The molecule has 2 saturated heterocycles. The molecule has 0 spiro atoms. The highest BCUT2D eigenvalue weighted by Gasteiger charge is 2.38. The molecule has 3 heterocycles. The van der Waals surface area contributed by atoms with Gasteiger partial charge in [-0.3, -0.25) is 4.79 Å². The minimum absolute atomic E-state index is 0.128. The number of aromatic nitrogens is 1. The Labute approximate surface area is 154 Å². The first-order valence-electron chi connectivity index (χ1n) is 8.73. The van der Waals surface area contributed by atoms with E-state index in [1.54, 1.807) is 24.3 Å². The monoisotopic (exact) mass is 377 g/mol. The number of benzene rings is 1. The van der Waals surface area contributed by atoms with Crippen LogP contribution in [0.3, 0.4) is 0 Å². The van der Waals surface area contributed by atoms with E-state index in [1.807, 2.05) is 0 Å². The van der Waals surface area contributed by atoms with Crippen molar-refractivity contribution in [1.29, 1.82) is 0 Å². The second kappa shape index (κ2) is 6.84. The number of piperidine rings is 1. The summed E-state index contributed by atoms with van der Waals surface area (Å²) in [6.45, 7) is 3.07. The van der Waals surface area contributed by atoms with Gasteiger partial charge >= 0.3 is 6.18 Å². The minimum atomic E-state index is -4.48. The number of pyridine rings is 1. The number of nitrogens with zero attached hydrogens (tertiary/aromatic N) is 2. The van der Waals surface area contributed by atoms with E-state index < -0.39 is 11.9 Å². The number of rotatable bonds is 4. The van der Waals surface area contributed by atoms with E-state index >= 15 is 0 Å². The van der Waals surface area contributed by atoms with Crippen molar-refractivity contribution in [3.05, 3.63) is 53.9 Å². The van der Waals surface area contributed by atoms with Gasteiger partial charge < -0.3 is 15.0 Å². The zero-order valence-electron chi connectivity index (χ0n) is 14.4. The van der Waals surface area contributed by atoms with Gasteiger partial charge in [-0.1, -0.05) is 0 Å². The third-order valence-electron chi connectivity index (χ3n) is 5.03. The van der Waals surface area contributed by atoms with Crippen molar-refractivity contribution in [2.45, 2.75) is 18.6 Å². The van der Waals surface area contributed by atoms with Crippen LogP contribution >= 0.6 is 0 Å². The molecular weight excluding hydrogens is 359 g/mol. The smallest absolute Gasteiger partial charge is 0.433 e. The van der Waals surface area contributed by atoms with Gasteiger partial charge in [-0.15, -0.1) is 0 Å². The first-order chi connectivity index (χ1) is 12.9. The molecule has 0 aliphatic carbocycles. The van der Waals surface area contributed by atoms with Crippen molar-refractivity contribution in [1.82, 2.24) is 15.2 Å². The van der Waals surface area contributed by atoms with Crippen molar-refractivity contribution >= 4 is 5.91 Å². The van der Waals surface area contributed by atoms with Crippen LogP contribution in [0.2, 0.25) is 0 Å². The molecule has 3 atom stereocenters. The number of halogens is 3. The van der Waals surface area contributed by atoms with Crippen LogP contribution < -0.4 is 10.1 Å². The molecule has 2 unspecified atom stereocenters. The first kappa shape index (κ1) is 17.8. The van der Waals surface area contributed by atoms with E-state index in [0.717, 1.165) is 38.3 Å². The lowest BCUT2D eigenvalue weighted by Gasteiger charge is -2.23. The maximum atomic E-state index is 12.5. The number of ether oxygens (including phenoxy) is 1. The predicted molar refractivity (Wildman–Crippen MR) is 91.6 cm³/mol. The quantitative estimate of drug-likeness (QED) is 0.888. The zero-order valence-corrected chi connectivity index (χ0v) is 14.4. The average molecular weight is 377 g/mol. The normalized spacial score (nSPS) is 24.0. The van der Waals surface area contributed by atoms with Crippen LogP contribution in [0.15, 0.2) is 42.6 Å². The molecule has 27 heavy (non-hydrogen) atoms. The van der Waals surface area contributed by atoms with Crippen molar-refractivity contribution in [3.63, 3.8) is 0 Å². The fraction of sp³-hybridized carbons (Fsp3) is 0.368. The Morgan fingerprint density at radius 2 is 1.85 bits per heavy atom. The zero-order chi connectivity index (χ0) is 19.0. The van der Waals surface area contributed by atoms with Crippen molar-refractivity contribution in [2.24, 2.45) is 5.92 Å². The summed E-state index contributed by atoms with van der Waals surface area (Å²) < 4.78 is 43.0. The summed E-state index contributed by atoms with van der Waals surface area (Å²) in [5.41, 5.74) is -0.454. The van der Waals surface area contributed by atoms with Gasteiger partial charge in [0.25, 0.3) is 5.91 Å². The number of hydrogen-bond donors (Lipinski definition) is 1. The second-order valence-corrected chi connectivity index (χ2v) is 6.89. The van der Waals surface area contributed by atoms with Gasteiger partial charge in [-0.25, -0.2) is 4.98 Å². The van der Waals surface area contributed by atoms with E-state index in [2.05, 4.69) is 15.2 Å². The van der Waals surface area contributed by atoms with E-state index in [4.69, 9.17) is 4.74 Å². The lowest BCUT2D eigenvalue weighted by molar-refractivity contribution is -0.141. The van der Waals surface area contributed by atoms with E-state index in [-0.39, 0.29) is 17.7 Å². The largest absolute Gasteiger partial charge is 0.456 e. The summed E-state index contributed by atoms with van der Waals surface area (Å²) in [7, 11) is 0. The lowest BCUT2D eigenvalue weighted by atomic mass is 9.99. The van der Waals surface area contributed by atoms with Crippen LogP contribution in [0, 0.1) is 5.92 Å². The minimum Gasteiger partial charge on any atom is -0.456 e. The molecule has 1 aromatic carbocycles. The Kier molecular flexibility index (Phi) is 4.51. The molecule has 5 nitrogen and oxygen atoms in total. The van der Waals surface area contributed by atoms with E-state index in [1.165, 1.54) is 6.07 Å². The molecule has 0 saturated carbocycles. The summed E-state index contributed by atoms with van der Waals surface area (Å²) >= 11 is 0. The standard InChI is InChI=1S/C19H18F3N3O2/c20-19(21,22)17-6-5-15(9-23-17)27-14-3-1-12(2-4-14)18(26)24-16-11-25-8-7-13(16)10-25/h1-6,9,13,16H,7-8,10-11H2,(H,24,26)/t13-,16?/m0/s1. The summed E-state index contributed by atoms with van der Waals surface area (Å²) in [4.78, 5) is 18.1. The predicted octanol–water partition coefficient (Wildman–Crippen LogP) is 3.33. The highest BCUT2D eigenvalue weighted by Crippen LogP contribution is 2.30. The Morgan fingerprint density at radius 1 is 1.11 bits per heavy atom. The molecule has 2 aliphatic heterocycles. The number of hydrogen-bond acceptors (Lipinski definition) is 4. The molecule has 142 valence electrons. The molecule has 1 aromatic heterocycles. The second-order valence-electron chi connectivity index (χ2n) is 6.89. The van der Waals surface area contributed by atoms with E-state index in [0.29, 0.717) is 17.2 Å². The molecule has 2 bridgehead atoms. The SMILES string of the molecule is O=C(NC1CN2CC[C@H]1C2)c1ccc(Oc2ccc(C(F)(F)F)nc2)cc1. The van der Waals surface area contributed by atoms with Crippen molar-refractivity contribution in [3.8, 4) is 11.5 Å². The van der Waals surface area contributed by atoms with Crippen molar-refractivity contribution < 1.29 is 22.7 Å². The third-order valence-corrected chi connectivity index (χ3v) is 5.03. The number of fused-ring (bicyclic) bond motifs is 2. The van der Waals surface area contributed by atoms with E-state index in [9.17, 15) is 18.0 Å². The first-order valence-corrected chi connectivity index (χ1v) is 8.73. The molecule has 1 amide bonds. The molecule has 1 N–H and O–H groups in total. The molecule has 2 aromatic rings. The summed E-state index contributed by atoms with van der Waals surface area (Å²) in [5.74, 6) is 1.01. The summed E-state index contributed by atoms with van der Waals surface area (Å²) in [6, 6.07) is 8.75. The third kappa shape index (κ3) is 3.90. The van der Waals surface area contributed by atoms with Gasteiger partial charge in [0.15, 0.2) is 0 Å². The molecule has 8 heteroatoms. The van der Waals surface area contributed by atoms with Crippen LogP contribution in [0.4, 0.5) is 13.2 Å². The van der Waals surface area contributed by atoms with Crippen LogP contribution in [-0.2, 0) is 6.18 Å². The molecule has 0 radical (unpaired) electrons. The number of carbonyl (C=O) groups is 1. The summed E-state index contributed by atoms with van der Waals surface area (Å²) in [6.07, 6.45) is -2.34. The fourth-order valence-electron chi connectivity index (χ4n) is 3.62. The van der Waals surface area contributed by atoms with Gasteiger partial charge in [0.05, 0.1) is 6.20 Å². The number of carbonyl (C=O) groups excluding carboxylic acids is 1. The Morgan fingerprint density at radius 3 is 2.41 bits per heavy atom. The number of amides is 1. The van der Waals surface area contributed by atoms with Gasteiger partial charge in [0, 0.05) is 24.7 Å². The molecule has 4 rings (SSSR count). The van der Waals surface area contributed by atoms with Crippen molar-refractivity contribution in [2.75, 3.05) is 19.6 Å². The average Bonchev–Trinajstić information content (AvgIpc) is 3.25. The molecule has 2 aliphatic rings. The lowest BCUT2D eigenvalue weighted by Crippen LogP contribution is -2.43. The molecule has 2 fully saturated rings. The Balaban J connectivity index is 1.36. The number of alkyl halides is 3. The summed E-state index contributed by atoms with van der Waals surface area (Å²) in [5, 5.41) is 3.08. The highest BCUT2D eigenvalue weighted by molar-refractivity contribution is 5.94. The van der Waals surface area contributed by atoms with Gasteiger partial charge in [-0.05, 0) is 55.3 Å². The number of nitrogens with one attached hydrogen (secondary N) is 1.